The number of phenolic OH excluding ortho intramolecular Hbond substituents is 2. The number of aromatic hydroxyl groups is 3. The molecule has 3 aromatic carbocycles. The molecule has 0 saturated carbocycles. The van der Waals surface area contributed by atoms with E-state index in [-0.39, 0.29) is 71.7 Å². The molecule has 0 aliphatic rings. The Kier molecular flexibility index (Phi) is 35.9. The van der Waals surface area contributed by atoms with Crippen LogP contribution in [-0.2, 0) is 33.4 Å². The van der Waals surface area contributed by atoms with Gasteiger partial charge in [0.05, 0.1) is 27.3 Å². The molecule has 0 saturated heterocycles. The van der Waals surface area contributed by atoms with Crippen molar-refractivity contribution in [1.82, 2.24) is 5.32 Å². The molecule has 3 aromatic rings. The molecule has 0 aliphatic carbocycles. The number of nitrogens with zero attached hydrogens (tertiary/aromatic N) is 1. The monoisotopic (exact) mass is 1020 g/mol. The number of carboxylic acids is 2. The van der Waals surface area contributed by atoms with E-state index in [1.165, 1.54) is 62.8 Å². The number of carbonyl (C=O) groups is 7. The fraction of sp³-hybridized carbons (Fsp3) is 0.269. The summed E-state index contributed by atoms with van der Waals surface area (Å²) in [5, 5.41) is 52.5. The van der Waals surface area contributed by atoms with E-state index >= 15 is 0 Å². The second-order valence-electron chi connectivity index (χ2n) is 14.6. The van der Waals surface area contributed by atoms with Gasteiger partial charge < -0.3 is 57.3 Å². The molecule has 74 heavy (non-hydrogen) atoms. The third-order valence-corrected chi connectivity index (χ3v) is 8.78. The van der Waals surface area contributed by atoms with Crippen LogP contribution in [0.4, 0.5) is 17.1 Å². The van der Waals surface area contributed by atoms with Gasteiger partial charge in [-0.25, -0.2) is 14.4 Å². The summed E-state index contributed by atoms with van der Waals surface area (Å²) in [7, 11) is 2.88. The number of allylic oxidation sites excluding steroid dienone is 12. The maximum atomic E-state index is 12.0. The van der Waals surface area contributed by atoms with Crippen LogP contribution >= 0.6 is 0 Å². The number of carbonyl (C=O) groups excluding carboxylic acids is 5. The Morgan fingerprint density at radius 3 is 1.49 bits per heavy atom. The zero-order valence-electron chi connectivity index (χ0n) is 41.5. The first-order chi connectivity index (χ1) is 35.4. The first-order valence-electron chi connectivity index (χ1n) is 22.7. The number of aliphatic carboxylic acids is 1. The number of nitrogens with one attached hydrogen (secondary N) is 3. The summed E-state index contributed by atoms with van der Waals surface area (Å²) >= 11 is 0. The molecule has 396 valence electrons. The number of phenols is 3. The number of nitrogens with two attached hydrogens (primary N) is 2. The van der Waals surface area contributed by atoms with Gasteiger partial charge in [0.25, 0.3) is 0 Å². The molecule has 0 atom stereocenters. The summed E-state index contributed by atoms with van der Waals surface area (Å²) in [6.07, 6.45) is 32.9. The molecule has 3 amide bonds. The van der Waals surface area contributed by atoms with E-state index in [0.717, 1.165) is 50.7 Å². The number of benzene rings is 3. The van der Waals surface area contributed by atoms with Crippen molar-refractivity contribution in [2.24, 2.45) is 10.7 Å². The van der Waals surface area contributed by atoms with Gasteiger partial charge in [-0.15, -0.1) is 0 Å². The van der Waals surface area contributed by atoms with Crippen molar-refractivity contribution >= 4 is 71.9 Å². The molecule has 12 N–H and O–H groups in total. The molecule has 21 nitrogen and oxygen atoms in total. The zero-order chi connectivity index (χ0) is 55.5. The zero-order valence-corrected chi connectivity index (χ0v) is 41.5. The number of esters is 2. The molecule has 0 bridgehead atoms. The van der Waals surface area contributed by atoms with Crippen molar-refractivity contribution in [2.75, 3.05) is 50.2 Å². The van der Waals surface area contributed by atoms with Gasteiger partial charge in [0, 0.05) is 23.5 Å². The maximum absolute atomic E-state index is 12.0. The number of amides is 3. The van der Waals surface area contributed by atoms with Crippen LogP contribution in [0.2, 0.25) is 0 Å². The van der Waals surface area contributed by atoms with Crippen LogP contribution in [0.15, 0.2) is 133 Å². The Morgan fingerprint density at radius 2 is 1.04 bits per heavy atom. The number of rotatable bonds is 25. The minimum absolute atomic E-state index is 0.0164. The van der Waals surface area contributed by atoms with E-state index in [4.69, 9.17) is 21.7 Å². The third kappa shape index (κ3) is 32.1. The Morgan fingerprint density at radius 1 is 0.608 bits per heavy atom. The van der Waals surface area contributed by atoms with Crippen LogP contribution < -0.4 is 27.4 Å². The van der Waals surface area contributed by atoms with Gasteiger partial charge in [0.15, 0.2) is 0 Å². The summed E-state index contributed by atoms with van der Waals surface area (Å²) in [5.41, 5.74) is 11.3. The average molecular weight is 1020 g/mol. The molecular formula is C52H65BN6O15. The number of anilines is 3. The van der Waals surface area contributed by atoms with Gasteiger partial charge in [-0.1, -0.05) is 79.8 Å². The van der Waals surface area contributed by atoms with E-state index in [1.807, 2.05) is 12.2 Å². The molecule has 0 fully saturated rings. The van der Waals surface area contributed by atoms with Crippen LogP contribution in [0, 0.1) is 0 Å². The molecular weight excluding hydrogens is 959 g/mol. The normalized spacial score (nSPS) is 10.8. The molecule has 0 heterocycles. The summed E-state index contributed by atoms with van der Waals surface area (Å²) in [4.78, 5) is 80.9. The van der Waals surface area contributed by atoms with Crippen LogP contribution in [0.5, 0.6) is 17.2 Å². The van der Waals surface area contributed by atoms with Gasteiger partial charge in [-0.2, -0.15) is 0 Å². The van der Waals surface area contributed by atoms with Crippen LogP contribution in [0.1, 0.15) is 89.4 Å². The number of nitrogen functional groups attached to an aromatic ring is 1. The van der Waals surface area contributed by atoms with Crippen molar-refractivity contribution in [3.05, 3.63) is 144 Å². The molecule has 0 radical (unpaired) electrons. The van der Waals surface area contributed by atoms with Crippen molar-refractivity contribution in [1.29, 1.82) is 0 Å². The topological polar surface area (TPSA) is 357 Å². The van der Waals surface area contributed by atoms with E-state index in [2.05, 4.69) is 98.1 Å². The fourth-order valence-electron chi connectivity index (χ4n) is 5.21. The van der Waals surface area contributed by atoms with Gasteiger partial charge in [0.2, 0.25) is 17.7 Å². The summed E-state index contributed by atoms with van der Waals surface area (Å²) < 4.78 is 18.3. The number of hydrogen-bond donors (Lipinski definition) is 10. The van der Waals surface area contributed by atoms with Gasteiger partial charge >= 0.3 is 63.3 Å². The summed E-state index contributed by atoms with van der Waals surface area (Å²) in [6, 6.07) is 12.0. The Bertz CT molecular complexity index is 2500. The van der Waals surface area contributed by atoms with Gasteiger partial charge in [-0.3, -0.25) is 14.4 Å². The minimum atomic E-state index is -1.30. The Balaban J connectivity index is 0.00000119. The standard InChI is InChI=1S/C31H40N2O5.C10H12N2O4.C8H9NO3.C3H4BNO3/c1-2-3-4-5-6-7-8-9-10-11-12-13-14-15-16-17-18-19-20-21-29(35)32-25-30(36)33-26-22-23-28(34)27(24-26)31(37)38;1-16-10(15)7-4-6(2-3-8(7)13)12-9(14)5-11;1-12-8(11)6-4-5(9)2-3-7(6)10;6-3(7)1-5-2-4-8/h3-4,6-7,9-10,12-13,15-16,18-19,22-24,34H,2,5,8,11,14,17,20-21,25H2,1H3,(H,32,35)(H,33,36)(H,37,38);2-4,13H,5,11H2,1H3,(H,12,14);2-4,10H,9H2,1H3;2H,1H2,(H,6,7)/b4-3-,7-6-,10-9-,13-12-,16-15-,19-18-;;;. The van der Waals surface area contributed by atoms with Crippen molar-refractivity contribution in [3.63, 3.8) is 0 Å². The summed E-state index contributed by atoms with van der Waals surface area (Å²) in [6.45, 7) is 1.41. The molecule has 3 rings (SSSR count). The van der Waals surface area contributed by atoms with Crippen LogP contribution in [-0.4, -0.2) is 114 Å². The predicted molar refractivity (Wildman–Crippen MR) is 283 cm³/mol. The van der Waals surface area contributed by atoms with Crippen molar-refractivity contribution < 1.29 is 73.3 Å². The second kappa shape index (κ2) is 40.8. The predicted octanol–water partition coefficient (Wildman–Crippen LogP) is 6.61. The summed E-state index contributed by atoms with van der Waals surface area (Å²) in [5.74, 6) is -5.48. The molecule has 0 aliphatic heterocycles. The van der Waals surface area contributed by atoms with E-state index in [9.17, 15) is 53.6 Å². The van der Waals surface area contributed by atoms with E-state index in [1.54, 1.807) is 0 Å². The number of ether oxygens (including phenoxy) is 2. The van der Waals surface area contributed by atoms with Gasteiger partial charge in [-0.05, 0) is 99.5 Å². The number of methoxy groups -OCH3 is 2. The Labute approximate surface area is 430 Å². The average Bonchev–Trinajstić information content (AvgIpc) is 3.38. The molecule has 0 spiro atoms. The first kappa shape index (κ1) is 65.1. The van der Waals surface area contributed by atoms with Crippen LogP contribution in [0.3, 0.4) is 0 Å². The third-order valence-electron chi connectivity index (χ3n) is 8.78. The quantitative estimate of drug-likeness (QED) is 0.0107. The number of aromatic carboxylic acids is 1. The molecule has 0 unspecified atom stereocenters. The van der Waals surface area contributed by atoms with Crippen LogP contribution in [0.25, 0.3) is 0 Å². The number of aliphatic imine (C=N–C) groups is 1. The van der Waals surface area contributed by atoms with E-state index in [0.29, 0.717) is 24.9 Å². The first-order valence-corrected chi connectivity index (χ1v) is 22.7. The second-order valence-corrected chi connectivity index (χ2v) is 14.6. The van der Waals surface area contributed by atoms with Crippen molar-refractivity contribution in [3.8, 4) is 17.2 Å². The van der Waals surface area contributed by atoms with Crippen molar-refractivity contribution in [2.45, 2.75) is 58.3 Å². The molecule has 22 heteroatoms. The number of hydrogen-bond acceptors (Lipinski definition) is 16. The molecule has 0 aromatic heterocycles. The number of carboxylic acid groups (broad SMARTS) is 2. The Hall–Kier alpha value is -8.92. The SMILES string of the molecule is CC/C=C\C/C=C\C/C=C\C/C=C\C/C=C\C/C=C\CCC(=O)NCC(=O)Nc1ccc(O)c(C(=O)O)c1.COC(=O)c1cc(N)ccc1O.COC(=O)c1cc(NC(=O)CN)ccc1O.O=BC=NCC(=O)O. The van der Waals surface area contributed by atoms with E-state index < -0.39 is 35.5 Å². The van der Waals surface area contributed by atoms with Gasteiger partial charge in [0.1, 0.15) is 33.9 Å². The fourth-order valence-corrected chi connectivity index (χ4v) is 5.21.